The summed E-state index contributed by atoms with van der Waals surface area (Å²) >= 11 is 5.77. The molecular formula is C14H19ClN2O2. The van der Waals surface area contributed by atoms with Crippen molar-refractivity contribution in [3.05, 3.63) is 29.3 Å². The Morgan fingerprint density at radius 1 is 1.37 bits per heavy atom. The first kappa shape index (κ1) is 14.2. The molecule has 1 aromatic carbocycles. The maximum absolute atomic E-state index is 11.6. The lowest BCUT2D eigenvalue weighted by Gasteiger charge is -2.23. The van der Waals surface area contributed by atoms with Gasteiger partial charge >= 0.3 is 6.09 Å². The Bertz CT molecular complexity index is 402. The highest BCUT2D eigenvalue weighted by atomic mass is 35.5. The minimum absolute atomic E-state index is 0.418. The van der Waals surface area contributed by atoms with Crippen molar-refractivity contribution in [2.75, 3.05) is 18.5 Å². The second-order valence-electron chi connectivity index (χ2n) is 4.70. The van der Waals surface area contributed by atoms with Crippen molar-refractivity contribution in [1.82, 2.24) is 5.32 Å². The van der Waals surface area contributed by atoms with Gasteiger partial charge in [-0.2, -0.15) is 0 Å². The number of hydrogen-bond donors (Lipinski definition) is 2. The van der Waals surface area contributed by atoms with Crippen LogP contribution in [0.2, 0.25) is 5.02 Å². The second-order valence-corrected chi connectivity index (χ2v) is 5.14. The minimum atomic E-state index is -0.418. The van der Waals surface area contributed by atoms with Gasteiger partial charge in [-0.15, -0.1) is 0 Å². The number of halogens is 1. The maximum atomic E-state index is 11.6. The number of carbonyl (C=O) groups excluding carboxylic acids is 1. The number of rotatable bonds is 4. The summed E-state index contributed by atoms with van der Waals surface area (Å²) in [5, 5.41) is 6.73. The summed E-state index contributed by atoms with van der Waals surface area (Å²) in [5.41, 5.74) is 0.685. The molecule has 1 atom stereocenters. The van der Waals surface area contributed by atoms with Crippen molar-refractivity contribution >= 4 is 23.4 Å². The molecule has 0 spiro atoms. The van der Waals surface area contributed by atoms with Crippen molar-refractivity contribution in [2.45, 2.75) is 31.7 Å². The largest absolute Gasteiger partial charge is 0.449 e. The van der Waals surface area contributed by atoms with Crippen LogP contribution in [0.15, 0.2) is 24.3 Å². The fraction of sp³-hybridized carbons (Fsp3) is 0.500. The fourth-order valence-corrected chi connectivity index (χ4v) is 2.28. The summed E-state index contributed by atoms with van der Waals surface area (Å²) in [5.74, 6) is 0. The van der Waals surface area contributed by atoms with Crippen LogP contribution < -0.4 is 10.6 Å². The Hall–Kier alpha value is -1.26. The summed E-state index contributed by atoms with van der Waals surface area (Å²) in [7, 11) is 0. The third-order valence-corrected chi connectivity index (χ3v) is 3.45. The van der Waals surface area contributed by atoms with E-state index in [-0.39, 0.29) is 0 Å². The van der Waals surface area contributed by atoms with Crippen molar-refractivity contribution in [1.29, 1.82) is 0 Å². The number of hydrogen-bond acceptors (Lipinski definition) is 3. The van der Waals surface area contributed by atoms with Gasteiger partial charge in [-0.3, -0.25) is 5.32 Å². The number of nitrogens with one attached hydrogen (secondary N) is 2. The van der Waals surface area contributed by atoms with Crippen molar-refractivity contribution in [3.8, 4) is 0 Å². The zero-order valence-electron chi connectivity index (χ0n) is 10.8. The molecule has 1 aliphatic heterocycles. The van der Waals surface area contributed by atoms with Crippen LogP contribution in [-0.2, 0) is 4.74 Å². The lowest BCUT2D eigenvalue weighted by molar-refractivity contribution is 0.153. The third kappa shape index (κ3) is 5.09. The predicted molar refractivity (Wildman–Crippen MR) is 76.7 cm³/mol. The molecule has 2 N–H and O–H groups in total. The average Bonchev–Trinajstić information content (AvgIpc) is 2.43. The quantitative estimate of drug-likeness (QED) is 0.890. The first-order chi connectivity index (χ1) is 9.24. The van der Waals surface area contributed by atoms with Crippen LogP contribution >= 0.6 is 11.6 Å². The van der Waals surface area contributed by atoms with E-state index in [0.29, 0.717) is 23.4 Å². The van der Waals surface area contributed by atoms with Crippen LogP contribution in [0.4, 0.5) is 10.5 Å². The van der Waals surface area contributed by atoms with Gasteiger partial charge in [0.25, 0.3) is 0 Å². The molecule has 5 heteroatoms. The van der Waals surface area contributed by atoms with Gasteiger partial charge in [-0.05, 0) is 50.1 Å². The molecule has 2 rings (SSSR count). The maximum Gasteiger partial charge on any atom is 0.411 e. The molecule has 0 bridgehead atoms. The van der Waals surface area contributed by atoms with Crippen molar-refractivity contribution < 1.29 is 9.53 Å². The van der Waals surface area contributed by atoms with Crippen LogP contribution in [0.5, 0.6) is 0 Å². The molecule has 0 saturated carbocycles. The van der Waals surface area contributed by atoms with Crippen molar-refractivity contribution in [3.63, 3.8) is 0 Å². The van der Waals surface area contributed by atoms with Gasteiger partial charge in [0.1, 0.15) is 0 Å². The number of carbonyl (C=O) groups is 1. The van der Waals surface area contributed by atoms with E-state index in [1.807, 2.05) is 0 Å². The molecule has 19 heavy (non-hydrogen) atoms. The molecular weight excluding hydrogens is 264 g/mol. The third-order valence-electron chi connectivity index (χ3n) is 3.20. The highest BCUT2D eigenvalue weighted by Crippen LogP contribution is 2.14. The topological polar surface area (TPSA) is 50.4 Å². The van der Waals surface area contributed by atoms with Gasteiger partial charge in [0, 0.05) is 16.8 Å². The normalized spacial score (nSPS) is 18.9. The second kappa shape index (κ2) is 7.36. The van der Waals surface area contributed by atoms with Crippen LogP contribution in [-0.4, -0.2) is 25.3 Å². The summed E-state index contributed by atoms with van der Waals surface area (Å²) < 4.78 is 5.16. The van der Waals surface area contributed by atoms with Crippen LogP contribution in [0.1, 0.15) is 25.7 Å². The molecule has 0 aromatic heterocycles. The molecule has 1 aromatic rings. The lowest BCUT2D eigenvalue weighted by Crippen LogP contribution is -2.35. The van der Waals surface area contributed by atoms with Gasteiger partial charge in [0.15, 0.2) is 0 Å². The number of benzene rings is 1. The zero-order chi connectivity index (χ0) is 13.5. The number of amides is 1. The van der Waals surface area contributed by atoms with E-state index in [2.05, 4.69) is 10.6 Å². The van der Waals surface area contributed by atoms with Crippen LogP contribution in [0.3, 0.4) is 0 Å². The SMILES string of the molecule is O=C(Nc1ccc(Cl)cc1)OCCC1CCCCN1. The Balaban J connectivity index is 1.65. The summed E-state index contributed by atoms with van der Waals surface area (Å²) in [6, 6.07) is 7.42. The molecule has 1 heterocycles. The highest BCUT2D eigenvalue weighted by molar-refractivity contribution is 6.30. The Kier molecular flexibility index (Phi) is 5.48. The first-order valence-corrected chi connectivity index (χ1v) is 7.04. The number of piperidine rings is 1. The molecule has 1 saturated heterocycles. The van der Waals surface area contributed by atoms with E-state index < -0.39 is 6.09 Å². The van der Waals surface area contributed by atoms with Crippen LogP contribution in [0, 0.1) is 0 Å². The van der Waals surface area contributed by atoms with E-state index in [4.69, 9.17) is 16.3 Å². The molecule has 0 radical (unpaired) electrons. The highest BCUT2D eigenvalue weighted by Gasteiger charge is 2.13. The summed E-state index contributed by atoms with van der Waals surface area (Å²) in [4.78, 5) is 11.6. The van der Waals surface area contributed by atoms with E-state index in [0.717, 1.165) is 13.0 Å². The average molecular weight is 283 g/mol. The van der Waals surface area contributed by atoms with Gasteiger partial charge in [-0.1, -0.05) is 18.0 Å². The van der Waals surface area contributed by atoms with Gasteiger partial charge in [-0.25, -0.2) is 4.79 Å². The summed E-state index contributed by atoms with van der Waals surface area (Å²) in [6.07, 6.45) is 4.12. The predicted octanol–water partition coefficient (Wildman–Crippen LogP) is 3.42. The van der Waals surface area contributed by atoms with Gasteiger partial charge in [0.05, 0.1) is 6.61 Å². The minimum Gasteiger partial charge on any atom is -0.449 e. The van der Waals surface area contributed by atoms with Crippen LogP contribution in [0.25, 0.3) is 0 Å². The van der Waals surface area contributed by atoms with Crippen molar-refractivity contribution in [2.24, 2.45) is 0 Å². The Morgan fingerprint density at radius 3 is 2.84 bits per heavy atom. The zero-order valence-corrected chi connectivity index (χ0v) is 11.6. The Morgan fingerprint density at radius 2 is 2.16 bits per heavy atom. The fourth-order valence-electron chi connectivity index (χ4n) is 2.15. The molecule has 0 aliphatic carbocycles. The smallest absolute Gasteiger partial charge is 0.411 e. The lowest BCUT2D eigenvalue weighted by atomic mass is 10.0. The summed E-state index contributed by atoms with van der Waals surface area (Å²) in [6.45, 7) is 1.51. The Labute approximate surface area is 118 Å². The molecule has 1 fully saturated rings. The van der Waals surface area contributed by atoms with Gasteiger partial charge in [0.2, 0.25) is 0 Å². The van der Waals surface area contributed by atoms with E-state index in [9.17, 15) is 4.79 Å². The van der Waals surface area contributed by atoms with E-state index in [1.165, 1.54) is 19.3 Å². The molecule has 4 nitrogen and oxygen atoms in total. The standard InChI is InChI=1S/C14H19ClN2O2/c15-11-4-6-13(7-5-11)17-14(18)19-10-8-12-3-1-2-9-16-12/h4-7,12,16H,1-3,8-10H2,(H,17,18). The molecule has 1 unspecified atom stereocenters. The molecule has 1 amide bonds. The first-order valence-electron chi connectivity index (χ1n) is 6.67. The number of ether oxygens (including phenoxy) is 1. The molecule has 1 aliphatic rings. The monoisotopic (exact) mass is 282 g/mol. The molecule has 104 valence electrons. The number of anilines is 1. The van der Waals surface area contributed by atoms with E-state index in [1.54, 1.807) is 24.3 Å². The van der Waals surface area contributed by atoms with Gasteiger partial charge < -0.3 is 10.1 Å². The van der Waals surface area contributed by atoms with E-state index >= 15 is 0 Å².